The number of halogens is 1. The largest absolute Gasteiger partial charge is 0.507 e. The van der Waals surface area contributed by atoms with Crippen molar-refractivity contribution in [3.63, 3.8) is 0 Å². The lowest BCUT2D eigenvalue weighted by Gasteiger charge is -2.23. The van der Waals surface area contributed by atoms with Gasteiger partial charge in [-0.15, -0.1) is 0 Å². The Morgan fingerprint density at radius 2 is 1.97 bits per heavy atom. The molecule has 0 radical (unpaired) electrons. The van der Waals surface area contributed by atoms with Gasteiger partial charge in [-0.1, -0.05) is 41.1 Å². The Hall–Kier alpha value is -3.68. The Bertz CT molecular complexity index is 1610. The number of aliphatic hydroxyl groups excluding tert-OH is 1. The van der Waals surface area contributed by atoms with E-state index in [0.717, 1.165) is 27.1 Å². The molecular formula is C28H21ClN2O4S. The van der Waals surface area contributed by atoms with Crippen LogP contribution in [0, 0.1) is 6.92 Å². The molecular weight excluding hydrogens is 496 g/mol. The van der Waals surface area contributed by atoms with E-state index in [2.05, 4.69) is 4.98 Å². The number of rotatable bonds is 3. The molecule has 2 aliphatic rings. The summed E-state index contributed by atoms with van der Waals surface area (Å²) in [6.45, 7) is 3.96. The molecule has 8 heteroatoms. The monoisotopic (exact) mass is 516 g/mol. The van der Waals surface area contributed by atoms with Crippen LogP contribution in [0.4, 0.5) is 5.13 Å². The van der Waals surface area contributed by atoms with Crippen LogP contribution in [0.1, 0.15) is 35.2 Å². The molecule has 36 heavy (non-hydrogen) atoms. The van der Waals surface area contributed by atoms with E-state index in [-0.39, 0.29) is 17.4 Å². The molecule has 3 heterocycles. The number of thiazole rings is 1. The van der Waals surface area contributed by atoms with Crippen LogP contribution in [0.2, 0.25) is 5.02 Å². The number of ether oxygens (including phenoxy) is 1. The summed E-state index contributed by atoms with van der Waals surface area (Å²) in [4.78, 5) is 32.9. The molecule has 1 N–H and O–H groups in total. The number of Topliss-reactive ketones (excluding diaryl/α,β-unsaturated/α-hetero) is 1. The summed E-state index contributed by atoms with van der Waals surface area (Å²) < 4.78 is 6.68. The Morgan fingerprint density at radius 1 is 1.14 bits per heavy atom. The number of ketones is 1. The van der Waals surface area contributed by atoms with Crippen molar-refractivity contribution in [1.82, 2.24) is 4.98 Å². The molecule has 2 aliphatic heterocycles. The zero-order valence-electron chi connectivity index (χ0n) is 19.5. The molecule has 6 nitrogen and oxygen atoms in total. The number of aryl methyl sites for hydroxylation is 1. The molecule has 1 amide bonds. The van der Waals surface area contributed by atoms with Crippen molar-refractivity contribution in [2.45, 2.75) is 32.4 Å². The van der Waals surface area contributed by atoms with E-state index in [1.54, 1.807) is 36.4 Å². The number of hydrogen-bond acceptors (Lipinski definition) is 6. The van der Waals surface area contributed by atoms with Crippen LogP contribution in [0.3, 0.4) is 0 Å². The quantitative estimate of drug-likeness (QED) is 0.199. The van der Waals surface area contributed by atoms with Crippen LogP contribution in [0.15, 0.2) is 66.2 Å². The maximum Gasteiger partial charge on any atom is 0.301 e. The first-order valence-electron chi connectivity index (χ1n) is 11.5. The van der Waals surface area contributed by atoms with Gasteiger partial charge in [-0.25, -0.2) is 4.98 Å². The topological polar surface area (TPSA) is 79.7 Å². The summed E-state index contributed by atoms with van der Waals surface area (Å²) in [5.74, 6) is -0.982. The number of carbonyl (C=O) groups excluding carboxylic acids is 2. The lowest BCUT2D eigenvalue weighted by molar-refractivity contribution is -0.132. The average Bonchev–Trinajstić information content (AvgIpc) is 3.50. The Balaban J connectivity index is 1.54. The molecule has 3 aromatic carbocycles. The van der Waals surface area contributed by atoms with Gasteiger partial charge in [0.25, 0.3) is 5.78 Å². The zero-order valence-corrected chi connectivity index (χ0v) is 21.1. The maximum absolute atomic E-state index is 13.4. The highest BCUT2D eigenvalue weighted by Gasteiger charge is 2.48. The van der Waals surface area contributed by atoms with Crippen molar-refractivity contribution < 1.29 is 19.4 Å². The fraction of sp³-hybridized carbons (Fsp3) is 0.179. The number of benzene rings is 3. The van der Waals surface area contributed by atoms with E-state index in [1.807, 2.05) is 38.1 Å². The summed E-state index contributed by atoms with van der Waals surface area (Å²) in [6.07, 6.45) is 0.741. The summed E-state index contributed by atoms with van der Waals surface area (Å²) >= 11 is 7.63. The van der Waals surface area contributed by atoms with Crippen LogP contribution >= 0.6 is 22.9 Å². The molecule has 180 valence electrons. The van der Waals surface area contributed by atoms with Crippen molar-refractivity contribution >= 4 is 55.7 Å². The number of aromatic nitrogens is 1. The van der Waals surface area contributed by atoms with Crippen molar-refractivity contribution in [2.75, 3.05) is 4.90 Å². The third-order valence-corrected chi connectivity index (χ3v) is 7.77. The van der Waals surface area contributed by atoms with Crippen LogP contribution in [0.5, 0.6) is 5.75 Å². The number of fused-ring (bicyclic) bond motifs is 2. The first-order chi connectivity index (χ1) is 17.3. The predicted molar refractivity (Wildman–Crippen MR) is 141 cm³/mol. The fourth-order valence-corrected chi connectivity index (χ4v) is 6.16. The van der Waals surface area contributed by atoms with Crippen LogP contribution in [-0.2, 0) is 16.0 Å². The number of carbonyl (C=O) groups is 2. The van der Waals surface area contributed by atoms with Crippen LogP contribution in [-0.4, -0.2) is 27.9 Å². The molecule has 0 bridgehead atoms. The first-order valence-corrected chi connectivity index (χ1v) is 12.7. The van der Waals surface area contributed by atoms with Gasteiger partial charge in [0.1, 0.15) is 17.6 Å². The van der Waals surface area contributed by atoms with Crippen LogP contribution in [0.25, 0.3) is 16.0 Å². The minimum atomic E-state index is -0.881. The van der Waals surface area contributed by atoms with Gasteiger partial charge in [0.15, 0.2) is 5.13 Å². The second kappa shape index (κ2) is 8.47. The highest BCUT2D eigenvalue weighted by Crippen LogP contribution is 2.45. The predicted octanol–water partition coefficient (Wildman–Crippen LogP) is 6.21. The van der Waals surface area contributed by atoms with Gasteiger partial charge in [-0.05, 0) is 73.0 Å². The van der Waals surface area contributed by atoms with Crippen LogP contribution < -0.4 is 9.64 Å². The zero-order chi connectivity index (χ0) is 25.1. The summed E-state index contributed by atoms with van der Waals surface area (Å²) in [6, 6.07) is 17.2. The third kappa shape index (κ3) is 3.67. The number of anilines is 1. The van der Waals surface area contributed by atoms with E-state index in [9.17, 15) is 14.7 Å². The lowest BCUT2D eigenvalue weighted by Crippen LogP contribution is -2.29. The number of hydrogen-bond donors (Lipinski definition) is 1. The third-order valence-electron chi connectivity index (χ3n) is 6.52. The van der Waals surface area contributed by atoms with Gasteiger partial charge < -0.3 is 9.84 Å². The van der Waals surface area contributed by atoms with Gasteiger partial charge in [0.2, 0.25) is 0 Å². The molecule has 2 atom stereocenters. The number of nitrogens with zero attached hydrogens (tertiary/aromatic N) is 2. The van der Waals surface area contributed by atoms with E-state index < -0.39 is 17.7 Å². The standard InChI is InChI=1S/C28H21ClN2O4S/c1-14-6-8-20-22(10-14)36-28(30-20)31-24(16-4-3-5-19(29)13-16)23(26(33)27(31)34)25(32)17-7-9-21-18(12-17)11-15(2)35-21/h3-10,12-13,15,24,32H,11H2,1-2H3/b25-23+/t15-,24-/m0/s1. The molecule has 0 unspecified atom stereocenters. The molecule has 1 fully saturated rings. The normalized spacial score (nSPS) is 20.7. The second-order valence-corrected chi connectivity index (χ2v) is 10.6. The fourth-order valence-electron chi connectivity index (χ4n) is 4.87. The van der Waals surface area contributed by atoms with Crippen molar-refractivity contribution in [1.29, 1.82) is 0 Å². The van der Waals surface area contributed by atoms with Gasteiger partial charge in [-0.2, -0.15) is 0 Å². The van der Waals surface area contributed by atoms with Gasteiger partial charge >= 0.3 is 5.91 Å². The minimum absolute atomic E-state index is 0.00428. The summed E-state index contributed by atoms with van der Waals surface area (Å²) in [5.41, 5.74) is 3.82. The molecule has 1 aromatic heterocycles. The van der Waals surface area contributed by atoms with E-state index >= 15 is 0 Å². The molecule has 0 spiro atoms. The van der Waals surface area contributed by atoms with E-state index in [4.69, 9.17) is 16.3 Å². The van der Waals surface area contributed by atoms with E-state index in [1.165, 1.54) is 16.2 Å². The molecule has 0 aliphatic carbocycles. The Labute approximate surface area is 216 Å². The highest BCUT2D eigenvalue weighted by molar-refractivity contribution is 7.22. The molecule has 4 aromatic rings. The second-order valence-electron chi connectivity index (χ2n) is 9.15. The van der Waals surface area contributed by atoms with Gasteiger partial charge in [-0.3, -0.25) is 14.5 Å². The number of amides is 1. The minimum Gasteiger partial charge on any atom is -0.507 e. The lowest BCUT2D eigenvalue weighted by atomic mass is 9.94. The molecule has 0 saturated carbocycles. The van der Waals surface area contributed by atoms with E-state index in [0.29, 0.717) is 27.7 Å². The number of aliphatic hydroxyl groups is 1. The SMILES string of the molecule is Cc1ccc2nc(N3C(=O)C(=O)/C(=C(/O)c4ccc5c(c4)C[C@H](C)O5)[C@@H]3c3cccc(Cl)c3)sc2c1. The van der Waals surface area contributed by atoms with Gasteiger partial charge in [0, 0.05) is 17.0 Å². The molecule has 6 rings (SSSR count). The van der Waals surface area contributed by atoms with Crippen molar-refractivity contribution in [3.05, 3.63) is 93.5 Å². The first kappa shape index (κ1) is 22.8. The summed E-state index contributed by atoms with van der Waals surface area (Å²) in [7, 11) is 0. The summed E-state index contributed by atoms with van der Waals surface area (Å²) in [5, 5.41) is 12.3. The highest BCUT2D eigenvalue weighted by atomic mass is 35.5. The maximum atomic E-state index is 13.4. The smallest absolute Gasteiger partial charge is 0.301 e. The van der Waals surface area contributed by atoms with Gasteiger partial charge in [0.05, 0.1) is 21.8 Å². The van der Waals surface area contributed by atoms with Crippen molar-refractivity contribution in [2.24, 2.45) is 0 Å². The Morgan fingerprint density at radius 3 is 2.78 bits per heavy atom. The Kier molecular flexibility index (Phi) is 5.35. The average molecular weight is 517 g/mol. The molecule has 1 saturated heterocycles. The van der Waals surface area contributed by atoms with Crippen molar-refractivity contribution in [3.8, 4) is 5.75 Å².